The molecule has 2 heterocycles. The molecule has 0 saturated carbocycles. The average Bonchev–Trinajstić information content (AvgIpc) is 3.28. The largest absolute Gasteiger partial charge is 0.333 e. The summed E-state index contributed by atoms with van der Waals surface area (Å²) in [5.41, 5.74) is 2.92. The van der Waals surface area contributed by atoms with Gasteiger partial charge in [-0.2, -0.15) is 0 Å². The van der Waals surface area contributed by atoms with Crippen LogP contribution in [-0.4, -0.2) is 20.9 Å². The lowest BCUT2D eigenvalue weighted by molar-refractivity contribution is -0.115. The van der Waals surface area contributed by atoms with Gasteiger partial charge in [0.25, 0.3) is 0 Å². The summed E-state index contributed by atoms with van der Waals surface area (Å²) in [7, 11) is 0. The molecule has 0 radical (unpaired) electrons. The first-order valence-electron chi connectivity index (χ1n) is 8.19. The molecule has 0 saturated heterocycles. The quantitative estimate of drug-likeness (QED) is 0.473. The number of carbonyl (C=O) groups excluding carboxylic acids is 1. The zero-order chi connectivity index (χ0) is 18.8. The summed E-state index contributed by atoms with van der Waals surface area (Å²) in [6.45, 7) is 1.40. The van der Waals surface area contributed by atoms with Gasteiger partial charge in [-0.05, 0) is 24.3 Å². The van der Waals surface area contributed by atoms with Crippen molar-refractivity contribution < 1.29 is 9.18 Å². The molecule has 0 aliphatic heterocycles. The molecule has 5 nitrogen and oxygen atoms in total. The number of benzene rings is 2. The Hall–Kier alpha value is -2.71. The molecule has 0 aliphatic carbocycles. The number of nitrogens with zero attached hydrogens (tertiary/aromatic N) is 3. The van der Waals surface area contributed by atoms with Crippen molar-refractivity contribution in [3.63, 3.8) is 0 Å². The Morgan fingerprint density at radius 3 is 2.74 bits per heavy atom. The number of para-hydroxylation sites is 3. The molecular weight excluding hydrogens is 383 g/mol. The molecule has 0 atom stereocenters. The zero-order valence-electron chi connectivity index (χ0n) is 14.3. The van der Waals surface area contributed by atoms with Gasteiger partial charge >= 0.3 is 0 Å². The summed E-state index contributed by atoms with van der Waals surface area (Å²) >= 11 is 2.84. The molecule has 2 aromatic carbocycles. The molecule has 0 bridgehead atoms. The van der Waals surface area contributed by atoms with Gasteiger partial charge in [0.1, 0.15) is 5.82 Å². The minimum absolute atomic E-state index is 0.204. The van der Waals surface area contributed by atoms with Crippen LogP contribution < -0.4 is 4.90 Å². The van der Waals surface area contributed by atoms with E-state index in [4.69, 9.17) is 0 Å². The van der Waals surface area contributed by atoms with Crippen LogP contribution in [0.15, 0.2) is 59.1 Å². The number of amides is 1. The maximum Gasteiger partial charge on any atom is 0.230 e. The molecule has 27 heavy (non-hydrogen) atoms. The van der Waals surface area contributed by atoms with Crippen LogP contribution in [0.1, 0.15) is 12.6 Å². The predicted molar refractivity (Wildman–Crippen MR) is 107 cm³/mol. The smallest absolute Gasteiger partial charge is 0.230 e. The van der Waals surface area contributed by atoms with E-state index < -0.39 is 5.82 Å². The Kier molecular flexibility index (Phi) is 4.91. The maximum absolute atomic E-state index is 14.1. The molecular formula is C19H15FN4OS2. The molecule has 0 unspecified atom stereocenters. The third kappa shape index (κ3) is 3.72. The first-order valence-corrected chi connectivity index (χ1v) is 10.1. The van der Waals surface area contributed by atoms with Crippen molar-refractivity contribution >= 4 is 50.9 Å². The summed E-state index contributed by atoms with van der Waals surface area (Å²) in [4.78, 5) is 25.7. The van der Waals surface area contributed by atoms with Gasteiger partial charge in [-0.3, -0.25) is 9.69 Å². The number of aromatic amines is 1. The van der Waals surface area contributed by atoms with Crippen molar-refractivity contribution in [3.05, 3.63) is 65.4 Å². The normalized spacial score (nSPS) is 11.0. The first-order chi connectivity index (χ1) is 13.1. The average molecular weight is 398 g/mol. The van der Waals surface area contributed by atoms with Gasteiger partial charge in [-0.15, -0.1) is 11.3 Å². The molecule has 2 aromatic heterocycles. The number of aromatic nitrogens is 3. The van der Waals surface area contributed by atoms with Crippen LogP contribution in [-0.2, 0) is 10.5 Å². The van der Waals surface area contributed by atoms with Crippen molar-refractivity contribution in [1.29, 1.82) is 0 Å². The van der Waals surface area contributed by atoms with E-state index in [0.29, 0.717) is 10.9 Å². The van der Waals surface area contributed by atoms with Gasteiger partial charge in [0, 0.05) is 18.1 Å². The fourth-order valence-electron chi connectivity index (χ4n) is 2.65. The standard InChI is InChI=1S/C19H15FN4OS2/c1-12(25)24(17-9-5-2-6-14(17)20)19-21-13(11-27-19)10-26-18-22-15-7-3-4-8-16(15)23-18/h2-9,11H,10H2,1H3,(H,22,23). The lowest BCUT2D eigenvalue weighted by Crippen LogP contribution is -2.23. The molecule has 136 valence electrons. The number of carbonyl (C=O) groups is 1. The molecule has 4 rings (SSSR count). The molecule has 0 aliphatic rings. The van der Waals surface area contributed by atoms with Crippen molar-refractivity contribution in [3.8, 4) is 0 Å². The van der Waals surface area contributed by atoms with E-state index in [0.717, 1.165) is 21.9 Å². The second kappa shape index (κ2) is 7.50. The van der Waals surface area contributed by atoms with E-state index in [1.165, 1.54) is 41.0 Å². The van der Waals surface area contributed by atoms with Gasteiger partial charge in [0.2, 0.25) is 5.91 Å². The van der Waals surface area contributed by atoms with E-state index in [9.17, 15) is 9.18 Å². The summed E-state index contributed by atoms with van der Waals surface area (Å²) in [5.74, 6) is -0.147. The van der Waals surface area contributed by atoms with Crippen molar-refractivity contribution in [2.75, 3.05) is 4.90 Å². The van der Waals surface area contributed by atoms with Crippen molar-refractivity contribution in [2.24, 2.45) is 0 Å². The molecule has 0 spiro atoms. The Bertz CT molecular complexity index is 1070. The molecule has 0 fully saturated rings. The Morgan fingerprint density at radius 1 is 1.19 bits per heavy atom. The first kappa shape index (κ1) is 17.7. The van der Waals surface area contributed by atoms with Gasteiger partial charge in [0.05, 0.1) is 22.4 Å². The van der Waals surface area contributed by atoms with Crippen LogP contribution in [0.2, 0.25) is 0 Å². The number of thioether (sulfide) groups is 1. The SMILES string of the molecule is CC(=O)N(c1nc(CSc2nc3ccccc3[nH]2)cs1)c1ccccc1F. The number of halogens is 1. The van der Waals surface area contributed by atoms with E-state index in [1.807, 2.05) is 29.6 Å². The van der Waals surface area contributed by atoms with E-state index in [-0.39, 0.29) is 11.6 Å². The topological polar surface area (TPSA) is 61.9 Å². The number of anilines is 2. The summed E-state index contributed by atoms with van der Waals surface area (Å²) in [6.07, 6.45) is 0. The van der Waals surface area contributed by atoms with E-state index >= 15 is 0 Å². The molecule has 8 heteroatoms. The predicted octanol–water partition coefficient (Wildman–Crippen LogP) is 5.14. The fourth-order valence-corrected chi connectivity index (χ4v) is 4.41. The molecule has 1 amide bonds. The number of rotatable bonds is 5. The van der Waals surface area contributed by atoms with E-state index in [1.54, 1.807) is 18.2 Å². The summed E-state index contributed by atoms with van der Waals surface area (Å²) in [6, 6.07) is 14.0. The third-order valence-electron chi connectivity index (χ3n) is 3.86. The highest BCUT2D eigenvalue weighted by Crippen LogP contribution is 2.32. The Labute approximate surface area is 163 Å². The van der Waals surface area contributed by atoms with Gasteiger partial charge in [0.15, 0.2) is 10.3 Å². The number of hydrogen-bond donors (Lipinski definition) is 1. The van der Waals surface area contributed by atoms with Crippen molar-refractivity contribution in [1.82, 2.24) is 15.0 Å². The Balaban J connectivity index is 1.53. The van der Waals surface area contributed by atoms with Gasteiger partial charge in [-0.25, -0.2) is 14.4 Å². The lowest BCUT2D eigenvalue weighted by atomic mass is 10.3. The van der Waals surface area contributed by atoms with Crippen LogP contribution in [0.3, 0.4) is 0 Å². The van der Waals surface area contributed by atoms with E-state index in [2.05, 4.69) is 15.0 Å². The number of nitrogens with one attached hydrogen (secondary N) is 1. The monoisotopic (exact) mass is 398 g/mol. The summed E-state index contributed by atoms with van der Waals surface area (Å²) < 4.78 is 14.1. The van der Waals surface area contributed by atoms with Crippen LogP contribution in [0.5, 0.6) is 0 Å². The van der Waals surface area contributed by atoms with Gasteiger partial charge < -0.3 is 4.98 Å². The maximum atomic E-state index is 14.1. The zero-order valence-corrected chi connectivity index (χ0v) is 16.0. The fraction of sp³-hybridized carbons (Fsp3) is 0.105. The van der Waals surface area contributed by atoms with Gasteiger partial charge in [-0.1, -0.05) is 36.0 Å². The van der Waals surface area contributed by atoms with Crippen LogP contribution >= 0.6 is 23.1 Å². The highest BCUT2D eigenvalue weighted by molar-refractivity contribution is 7.98. The molecule has 4 aromatic rings. The highest BCUT2D eigenvalue weighted by atomic mass is 32.2. The second-order valence-corrected chi connectivity index (χ2v) is 7.58. The summed E-state index contributed by atoms with van der Waals surface area (Å²) in [5, 5.41) is 3.14. The van der Waals surface area contributed by atoms with Crippen molar-refractivity contribution in [2.45, 2.75) is 17.8 Å². The number of imidazole rings is 1. The lowest BCUT2D eigenvalue weighted by Gasteiger charge is -2.18. The minimum Gasteiger partial charge on any atom is -0.333 e. The number of fused-ring (bicyclic) bond motifs is 1. The number of H-pyrrole nitrogens is 1. The third-order valence-corrected chi connectivity index (χ3v) is 5.65. The number of hydrogen-bond acceptors (Lipinski definition) is 5. The van der Waals surface area contributed by atoms with Crippen LogP contribution in [0.4, 0.5) is 15.2 Å². The van der Waals surface area contributed by atoms with Crippen LogP contribution in [0.25, 0.3) is 11.0 Å². The number of thiazole rings is 1. The highest BCUT2D eigenvalue weighted by Gasteiger charge is 2.21. The van der Waals surface area contributed by atoms with Crippen LogP contribution in [0, 0.1) is 5.82 Å². The molecule has 1 N–H and O–H groups in total. The minimum atomic E-state index is -0.457. The second-order valence-electron chi connectivity index (χ2n) is 5.78. The Morgan fingerprint density at radius 2 is 1.96 bits per heavy atom.